The topological polar surface area (TPSA) is 0 Å². The second kappa shape index (κ2) is 6.42. The summed E-state index contributed by atoms with van der Waals surface area (Å²) in [7, 11) is 0. The van der Waals surface area contributed by atoms with E-state index in [1.807, 2.05) is 36.4 Å². The highest BCUT2D eigenvalue weighted by Gasteiger charge is 2.07. The fourth-order valence-electron chi connectivity index (χ4n) is 2.02. The number of hydrogen-bond acceptors (Lipinski definition) is 0. The van der Waals surface area contributed by atoms with Crippen LogP contribution in [0.5, 0.6) is 0 Å². The Morgan fingerprint density at radius 1 is 1.00 bits per heavy atom. The summed E-state index contributed by atoms with van der Waals surface area (Å²) in [5.41, 5.74) is 2.39. The Morgan fingerprint density at radius 2 is 1.56 bits per heavy atom. The molecule has 2 aromatic rings. The van der Waals surface area contributed by atoms with E-state index in [1.54, 1.807) is 0 Å². The zero-order valence-corrected chi connectivity index (χ0v) is 11.3. The molecule has 0 spiro atoms. The van der Waals surface area contributed by atoms with E-state index in [9.17, 15) is 0 Å². The predicted molar refractivity (Wildman–Crippen MR) is 79.7 cm³/mol. The summed E-state index contributed by atoms with van der Waals surface area (Å²) in [6, 6.07) is 20.6. The molecule has 0 aliphatic rings. The zero-order chi connectivity index (χ0) is 12.8. The van der Waals surface area contributed by atoms with Crippen molar-refractivity contribution in [3.05, 3.63) is 77.9 Å². The number of allylic oxidation sites excluding steroid dienone is 1. The van der Waals surface area contributed by atoms with E-state index in [1.165, 1.54) is 5.56 Å². The lowest BCUT2D eigenvalue weighted by molar-refractivity contribution is 0.808. The summed E-state index contributed by atoms with van der Waals surface area (Å²) in [5.74, 6) is 0.374. The molecular formula is C17H17Cl. The van der Waals surface area contributed by atoms with Crippen LogP contribution in [0, 0.1) is 0 Å². The first-order valence-corrected chi connectivity index (χ1v) is 6.66. The summed E-state index contributed by atoms with van der Waals surface area (Å²) in [5, 5.41) is 0.825. The van der Waals surface area contributed by atoms with Crippen LogP contribution in [0.3, 0.4) is 0 Å². The quantitative estimate of drug-likeness (QED) is 0.681. The first-order chi connectivity index (χ1) is 8.81. The molecule has 0 saturated carbocycles. The van der Waals surface area contributed by atoms with Crippen molar-refractivity contribution in [3.8, 4) is 0 Å². The predicted octanol–water partition coefficient (Wildman–Crippen LogP) is 5.46. The maximum Gasteiger partial charge on any atom is 0.0444 e. The highest BCUT2D eigenvalue weighted by Crippen LogP contribution is 2.27. The molecule has 0 aliphatic carbocycles. The molecule has 92 valence electrons. The molecule has 2 aromatic carbocycles. The molecule has 0 fully saturated rings. The summed E-state index contributed by atoms with van der Waals surface area (Å²) in [4.78, 5) is 0. The van der Waals surface area contributed by atoms with Gasteiger partial charge < -0.3 is 0 Å². The number of benzene rings is 2. The van der Waals surface area contributed by atoms with Gasteiger partial charge in [0.1, 0.15) is 0 Å². The van der Waals surface area contributed by atoms with E-state index in [-0.39, 0.29) is 0 Å². The Hall–Kier alpha value is -1.53. The van der Waals surface area contributed by atoms with Crippen molar-refractivity contribution in [2.75, 3.05) is 0 Å². The van der Waals surface area contributed by atoms with E-state index in [0.29, 0.717) is 5.92 Å². The molecule has 0 radical (unpaired) electrons. The van der Waals surface area contributed by atoms with Gasteiger partial charge in [0.2, 0.25) is 0 Å². The van der Waals surface area contributed by atoms with Crippen LogP contribution >= 0.6 is 11.6 Å². The minimum Gasteiger partial charge on any atom is -0.0840 e. The van der Waals surface area contributed by atoms with Crippen molar-refractivity contribution in [1.82, 2.24) is 0 Å². The molecule has 1 atom stereocenters. The minimum absolute atomic E-state index is 0.374. The minimum atomic E-state index is 0.374. The lowest BCUT2D eigenvalue weighted by atomic mass is 9.95. The number of rotatable bonds is 4. The SMILES string of the molecule is CCC(/C=C(/Cl)c1ccccc1)c1ccccc1. The standard InChI is InChI=1S/C17H17Cl/c1-2-14(15-9-5-3-6-10-15)13-17(18)16-11-7-4-8-12-16/h3-14H,2H2,1H3/b17-13+. The van der Waals surface area contributed by atoms with E-state index in [4.69, 9.17) is 11.6 Å². The zero-order valence-electron chi connectivity index (χ0n) is 10.5. The second-order valence-electron chi connectivity index (χ2n) is 4.31. The van der Waals surface area contributed by atoms with Crippen LogP contribution in [-0.2, 0) is 0 Å². The van der Waals surface area contributed by atoms with Gasteiger partial charge in [-0.05, 0) is 17.5 Å². The van der Waals surface area contributed by atoms with Crippen molar-refractivity contribution in [3.63, 3.8) is 0 Å². The Balaban J connectivity index is 2.25. The van der Waals surface area contributed by atoms with Gasteiger partial charge in [-0.1, -0.05) is 85.3 Å². The van der Waals surface area contributed by atoms with E-state index in [0.717, 1.165) is 17.0 Å². The molecule has 1 heteroatoms. The first kappa shape index (κ1) is 12.9. The van der Waals surface area contributed by atoms with Crippen molar-refractivity contribution in [1.29, 1.82) is 0 Å². The van der Waals surface area contributed by atoms with Crippen LogP contribution < -0.4 is 0 Å². The van der Waals surface area contributed by atoms with Gasteiger partial charge in [-0.25, -0.2) is 0 Å². The number of halogens is 1. The molecule has 0 aromatic heterocycles. The molecule has 0 amide bonds. The van der Waals surface area contributed by atoms with E-state index < -0.39 is 0 Å². The van der Waals surface area contributed by atoms with Crippen molar-refractivity contribution in [2.45, 2.75) is 19.3 Å². The maximum absolute atomic E-state index is 6.39. The van der Waals surface area contributed by atoms with Crippen LogP contribution in [0.25, 0.3) is 5.03 Å². The molecule has 0 aliphatic heterocycles. The summed E-state index contributed by atoms with van der Waals surface area (Å²) < 4.78 is 0. The fourth-order valence-corrected chi connectivity index (χ4v) is 2.30. The summed E-state index contributed by atoms with van der Waals surface area (Å²) >= 11 is 6.39. The highest BCUT2D eigenvalue weighted by atomic mass is 35.5. The Morgan fingerprint density at radius 3 is 2.11 bits per heavy atom. The molecule has 0 heterocycles. The highest BCUT2D eigenvalue weighted by molar-refractivity contribution is 6.48. The van der Waals surface area contributed by atoms with Crippen LogP contribution in [0.1, 0.15) is 30.4 Å². The maximum atomic E-state index is 6.39. The monoisotopic (exact) mass is 256 g/mol. The third-order valence-corrected chi connectivity index (χ3v) is 3.41. The van der Waals surface area contributed by atoms with E-state index in [2.05, 4.69) is 37.3 Å². The van der Waals surface area contributed by atoms with Gasteiger partial charge in [0.15, 0.2) is 0 Å². The molecule has 1 unspecified atom stereocenters. The average molecular weight is 257 g/mol. The summed E-state index contributed by atoms with van der Waals surface area (Å²) in [6.07, 6.45) is 3.19. The average Bonchev–Trinajstić information content (AvgIpc) is 2.46. The van der Waals surface area contributed by atoms with Crippen molar-refractivity contribution >= 4 is 16.6 Å². The van der Waals surface area contributed by atoms with Gasteiger partial charge >= 0.3 is 0 Å². The Bertz CT molecular complexity index is 500. The third-order valence-electron chi connectivity index (χ3n) is 3.06. The van der Waals surface area contributed by atoms with Gasteiger partial charge in [-0.15, -0.1) is 0 Å². The first-order valence-electron chi connectivity index (χ1n) is 6.29. The molecule has 18 heavy (non-hydrogen) atoms. The molecule has 0 bridgehead atoms. The van der Waals surface area contributed by atoms with Gasteiger partial charge in [0.05, 0.1) is 0 Å². The smallest absolute Gasteiger partial charge is 0.0444 e. The van der Waals surface area contributed by atoms with Crippen LogP contribution in [-0.4, -0.2) is 0 Å². The van der Waals surface area contributed by atoms with Gasteiger partial charge in [0, 0.05) is 11.0 Å². The Labute approximate surface area is 114 Å². The lowest BCUT2D eigenvalue weighted by Gasteiger charge is -2.11. The van der Waals surface area contributed by atoms with Crippen LogP contribution in [0.2, 0.25) is 0 Å². The van der Waals surface area contributed by atoms with Gasteiger partial charge in [-0.3, -0.25) is 0 Å². The van der Waals surface area contributed by atoms with Crippen LogP contribution in [0.4, 0.5) is 0 Å². The second-order valence-corrected chi connectivity index (χ2v) is 4.71. The van der Waals surface area contributed by atoms with Gasteiger partial charge in [-0.2, -0.15) is 0 Å². The van der Waals surface area contributed by atoms with Crippen molar-refractivity contribution < 1.29 is 0 Å². The number of hydrogen-bond donors (Lipinski definition) is 0. The summed E-state index contributed by atoms with van der Waals surface area (Å²) in [6.45, 7) is 2.18. The molecule has 0 nitrogen and oxygen atoms in total. The fraction of sp³-hybridized carbons (Fsp3) is 0.176. The largest absolute Gasteiger partial charge is 0.0840 e. The van der Waals surface area contributed by atoms with Crippen LogP contribution in [0.15, 0.2) is 66.7 Å². The lowest BCUT2D eigenvalue weighted by Crippen LogP contribution is -1.93. The molecular weight excluding hydrogens is 240 g/mol. The molecule has 2 rings (SSSR count). The van der Waals surface area contributed by atoms with Gasteiger partial charge in [0.25, 0.3) is 0 Å². The van der Waals surface area contributed by atoms with E-state index >= 15 is 0 Å². The van der Waals surface area contributed by atoms with Crippen molar-refractivity contribution in [2.24, 2.45) is 0 Å². The Kier molecular flexibility index (Phi) is 4.60. The molecule has 0 saturated heterocycles. The molecule has 0 N–H and O–H groups in total. The normalized spacial score (nSPS) is 13.3. The third kappa shape index (κ3) is 3.24.